The van der Waals surface area contributed by atoms with Crippen LogP contribution >= 0.6 is 11.6 Å². The molecule has 142 valence electrons. The number of carbonyl (C=O) groups excluding carboxylic acids is 3. The largest absolute Gasteiger partial charge is 0.465 e. The Balaban J connectivity index is 1.96. The van der Waals surface area contributed by atoms with Gasteiger partial charge in [-0.05, 0) is 35.4 Å². The van der Waals surface area contributed by atoms with Crippen molar-refractivity contribution in [2.24, 2.45) is 5.73 Å². The van der Waals surface area contributed by atoms with E-state index in [-0.39, 0.29) is 13.0 Å². The van der Waals surface area contributed by atoms with Gasteiger partial charge in [-0.2, -0.15) is 0 Å². The summed E-state index contributed by atoms with van der Waals surface area (Å²) in [4.78, 5) is 34.8. The predicted molar refractivity (Wildman–Crippen MR) is 99.1 cm³/mol. The zero-order valence-corrected chi connectivity index (χ0v) is 15.4. The van der Waals surface area contributed by atoms with Crippen molar-refractivity contribution in [3.05, 3.63) is 70.2 Å². The van der Waals surface area contributed by atoms with Gasteiger partial charge in [0.25, 0.3) is 0 Å². The summed E-state index contributed by atoms with van der Waals surface area (Å²) in [6.07, 6.45) is -0.0924. The van der Waals surface area contributed by atoms with Crippen LogP contribution in [-0.2, 0) is 20.9 Å². The molecule has 0 fully saturated rings. The molecular weight excluding hydrogens is 372 g/mol. The lowest BCUT2D eigenvalue weighted by molar-refractivity contribution is -0.145. The number of hydrogen-bond acceptors (Lipinski definition) is 5. The Hall–Kier alpha value is -3.06. The highest BCUT2D eigenvalue weighted by Gasteiger charge is 2.18. The molecule has 1 atom stereocenters. The standard InChI is InChI=1S/C19H19ClN2O5/c1-26-18(24)14-4-2-12(3-5-14)11-27-17(23)10-16(22-19(21)25)13-6-8-15(20)9-7-13/h2-9,16H,10-11H2,1H3,(H3,21,22,25)/t16-/m1/s1. The molecule has 2 aromatic rings. The van der Waals surface area contributed by atoms with E-state index in [1.165, 1.54) is 7.11 Å². The summed E-state index contributed by atoms with van der Waals surface area (Å²) >= 11 is 5.85. The van der Waals surface area contributed by atoms with Crippen molar-refractivity contribution in [2.45, 2.75) is 19.1 Å². The first-order valence-electron chi connectivity index (χ1n) is 8.03. The first-order chi connectivity index (χ1) is 12.9. The van der Waals surface area contributed by atoms with Crippen molar-refractivity contribution in [2.75, 3.05) is 7.11 Å². The van der Waals surface area contributed by atoms with E-state index in [0.717, 1.165) is 0 Å². The molecule has 0 unspecified atom stereocenters. The van der Waals surface area contributed by atoms with Crippen LogP contribution in [0.15, 0.2) is 48.5 Å². The number of amides is 2. The van der Waals surface area contributed by atoms with Crippen LogP contribution in [0.25, 0.3) is 0 Å². The molecule has 8 heteroatoms. The molecule has 27 heavy (non-hydrogen) atoms. The Bertz CT molecular complexity index is 806. The Morgan fingerprint density at radius 1 is 1.07 bits per heavy atom. The maximum atomic E-state index is 12.2. The highest BCUT2D eigenvalue weighted by atomic mass is 35.5. The number of urea groups is 1. The summed E-state index contributed by atoms with van der Waals surface area (Å²) in [5, 5.41) is 3.05. The van der Waals surface area contributed by atoms with Crippen LogP contribution in [0.5, 0.6) is 0 Å². The van der Waals surface area contributed by atoms with Crippen LogP contribution in [-0.4, -0.2) is 25.1 Å². The number of halogens is 1. The maximum Gasteiger partial charge on any atom is 0.337 e. The third kappa shape index (κ3) is 6.31. The Morgan fingerprint density at radius 2 is 1.70 bits per heavy atom. The van der Waals surface area contributed by atoms with E-state index in [2.05, 4.69) is 10.1 Å². The summed E-state index contributed by atoms with van der Waals surface area (Å²) in [6, 6.07) is 11.8. The fraction of sp³-hybridized carbons (Fsp3) is 0.211. The van der Waals surface area contributed by atoms with Crippen LogP contribution in [0.4, 0.5) is 4.79 Å². The Kier molecular flexibility index (Phi) is 7.19. The van der Waals surface area contributed by atoms with E-state index < -0.39 is 24.0 Å². The SMILES string of the molecule is COC(=O)c1ccc(COC(=O)C[C@@H](NC(N)=O)c2ccc(Cl)cc2)cc1. The third-order valence-corrected chi connectivity index (χ3v) is 3.99. The molecule has 0 heterocycles. The number of esters is 2. The predicted octanol–water partition coefficient (Wildman–Crippen LogP) is 2.97. The summed E-state index contributed by atoms with van der Waals surface area (Å²) in [7, 11) is 1.30. The Labute approximate surface area is 161 Å². The van der Waals surface area contributed by atoms with E-state index in [1.54, 1.807) is 48.5 Å². The van der Waals surface area contributed by atoms with Gasteiger partial charge >= 0.3 is 18.0 Å². The molecule has 2 amide bonds. The lowest BCUT2D eigenvalue weighted by Gasteiger charge is -2.17. The third-order valence-electron chi connectivity index (χ3n) is 3.73. The summed E-state index contributed by atoms with van der Waals surface area (Å²) in [6.45, 7) is 0.0319. The number of carbonyl (C=O) groups is 3. The van der Waals surface area contributed by atoms with E-state index in [4.69, 9.17) is 22.1 Å². The van der Waals surface area contributed by atoms with Gasteiger partial charge in [0, 0.05) is 5.02 Å². The van der Waals surface area contributed by atoms with Gasteiger partial charge in [0.05, 0.1) is 25.1 Å². The lowest BCUT2D eigenvalue weighted by Crippen LogP contribution is -2.34. The monoisotopic (exact) mass is 390 g/mol. The van der Waals surface area contributed by atoms with Crippen LogP contribution in [0.2, 0.25) is 5.02 Å². The molecule has 0 saturated heterocycles. The average molecular weight is 391 g/mol. The van der Waals surface area contributed by atoms with Crippen molar-refractivity contribution >= 4 is 29.6 Å². The van der Waals surface area contributed by atoms with Crippen molar-refractivity contribution in [1.82, 2.24) is 5.32 Å². The van der Waals surface area contributed by atoms with Crippen LogP contribution < -0.4 is 11.1 Å². The molecule has 2 aromatic carbocycles. The number of nitrogens with one attached hydrogen (secondary N) is 1. The van der Waals surface area contributed by atoms with Gasteiger partial charge in [-0.1, -0.05) is 35.9 Å². The maximum absolute atomic E-state index is 12.2. The molecular formula is C19H19ClN2O5. The van der Waals surface area contributed by atoms with Crippen LogP contribution in [0.3, 0.4) is 0 Å². The van der Waals surface area contributed by atoms with Crippen molar-refractivity contribution in [3.8, 4) is 0 Å². The molecule has 0 radical (unpaired) electrons. The minimum absolute atomic E-state index is 0.0319. The number of primary amides is 1. The van der Waals surface area contributed by atoms with Gasteiger partial charge in [0.2, 0.25) is 0 Å². The van der Waals surface area contributed by atoms with Crippen LogP contribution in [0, 0.1) is 0 Å². The smallest absolute Gasteiger partial charge is 0.337 e. The summed E-state index contributed by atoms with van der Waals surface area (Å²) in [5.41, 5.74) is 6.98. The highest BCUT2D eigenvalue weighted by Crippen LogP contribution is 2.20. The number of nitrogens with two attached hydrogens (primary N) is 1. The molecule has 0 bridgehead atoms. The van der Waals surface area contributed by atoms with Gasteiger partial charge in [-0.15, -0.1) is 0 Å². The topological polar surface area (TPSA) is 108 Å². The lowest BCUT2D eigenvalue weighted by atomic mass is 10.0. The van der Waals surface area contributed by atoms with Crippen LogP contribution in [0.1, 0.15) is 33.9 Å². The number of benzene rings is 2. The zero-order valence-electron chi connectivity index (χ0n) is 14.6. The molecule has 0 saturated carbocycles. The van der Waals surface area contributed by atoms with E-state index >= 15 is 0 Å². The highest BCUT2D eigenvalue weighted by molar-refractivity contribution is 6.30. The zero-order chi connectivity index (χ0) is 19.8. The van der Waals surface area contributed by atoms with E-state index in [1.807, 2.05) is 0 Å². The number of rotatable bonds is 7. The summed E-state index contributed by atoms with van der Waals surface area (Å²) in [5.74, 6) is -0.956. The van der Waals surface area contributed by atoms with Crippen molar-refractivity contribution in [1.29, 1.82) is 0 Å². The number of hydrogen-bond donors (Lipinski definition) is 2. The average Bonchev–Trinajstić information content (AvgIpc) is 2.66. The van der Waals surface area contributed by atoms with Gasteiger partial charge in [-0.25, -0.2) is 9.59 Å². The summed E-state index contributed by atoms with van der Waals surface area (Å²) < 4.78 is 9.86. The van der Waals surface area contributed by atoms with Gasteiger partial charge in [0.15, 0.2) is 0 Å². The molecule has 0 aliphatic rings. The second-order valence-corrected chi connectivity index (χ2v) is 6.10. The Morgan fingerprint density at radius 3 is 2.26 bits per heavy atom. The fourth-order valence-electron chi connectivity index (χ4n) is 2.36. The molecule has 3 N–H and O–H groups in total. The molecule has 7 nitrogen and oxygen atoms in total. The van der Waals surface area contributed by atoms with Crippen molar-refractivity contribution < 1.29 is 23.9 Å². The molecule has 2 rings (SSSR count). The van der Waals surface area contributed by atoms with Gasteiger partial charge < -0.3 is 20.5 Å². The normalized spacial score (nSPS) is 11.3. The fourth-order valence-corrected chi connectivity index (χ4v) is 2.49. The second kappa shape index (κ2) is 9.59. The molecule has 0 aliphatic heterocycles. The molecule has 0 aliphatic carbocycles. The first kappa shape index (κ1) is 20.3. The minimum Gasteiger partial charge on any atom is -0.465 e. The first-order valence-corrected chi connectivity index (χ1v) is 8.41. The minimum atomic E-state index is -0.749. The quantitative estimate of drug-likeness (QED) is 0.706. The van der Waals surface area contributed by atoms with E-state index in [0.29, 0.717) is 21.7 Å². The number of methoxy groups -OCH3 is 1. The molecule has 0 spiro atoms. The van der Waals surface area contributed by atoms with Gasteiger partial charge in [0.1, 0.15) is 6.61 Å². The number of ether oxygens (including phenoxy) is 2. The molecule has 0 aromatic heterocycles. The van der Waals surface area contributed by atoms with E-state index in [9.17, 15) is 14.4 Å². The van der Waals surface area contributed by atoms with Gasteiger partial charge in [-0.3, -0.25) is 4.79 Å². The second-order valence-electron chi connectivity index (χ2n) is 5.67. The van der Waals surface area contributed by atoms with Crippen molar-refractivity contribution in [3.63, 3.8) is 0 Å².